The number of benzene rings is 1. The van der Waals surface area contributed by atoms with Crippen molar-refractivity contribution in [2.45, 2.75) is 47.5 Å². The van der Waals surface area contributed by atoms with E-state index in [-0.39, 0.29) is 5.91 Å². The van der Waals surface area contributed by atoms with Crippen molar-refractivity contribution < 1.29 is 9.53 Å². The second-order valence-electron chi connectivity index (χ2n) is 7.87. The molecule has 0 aliphatic carbocycles. The summed E-state index contributed by atoms with van der Waals surface area (Å²) in [7, 11) is 3.54. The van der Waals surface area contributed by atoms with Crippen LogP contribution in [0.15, 0.2) is 52.8 Å². The molecule has 0 fully saturated rings. The Bertz CT molecular complexity index is 1230. The number of methoxy groups -OCH3 is 1. The van der Waals surface area contributed by atoms with E-state index in [1.54, 1.807) is 23.6 Å². The summed E-state index contributed by atoms with van der Waals surface area (Å²) in [4.78, 5) is 20.0. The molecule has 0 spiro atoms. The van der Waals surface area contributed by atoms with Crippen LogP contribution < -0.4 is 9.64 Å². The second kappa shape index (κ2) is 10.7. The summed E-state index contributed by atoms with van der Waals surface area (Å²) in [6.45, 7) is 10.1. The van der Waals surface area contributed by atoms with Gasteiger partial charge < -0.3 is 4.74 Å². The number of thioether (sulfide) groups is 1. The highest BCUT2D eigenvalue weighted by Gasteiger charge is 2.25. The number of amides is 1. The highest BCUT2D eigenvalue weighted by atomic mass is 32.2. The van der Waals surface area contributed by atoms with Crippen LogP contribution in [0.1, 0.15) is 46.1 Å². The largest absolute Gasteiger partial charge is 0.496 e. The number of allylic oxidation sites excluding steroid dienone is 2. The van der Waals surface area contributed by atoms with Gasteiger partial charge in [-0.05, 0) is 49.8 Å². The van der Waals surface area contributed by atoms with Crippen LogP contribution in [0.25, 0.3) is 22.0 Å². The van der Waals surface area contributed by atoms with E-state index in [1.165, 1.54) is 0 Å². The van der Waals surface area contributed by atoms with Crippen molar-refractivity contribution in [1.82, 2.24) is 14.8 Å². The summed E-state index contributed by atoms with van der Waals surface area (Å²) in [5.74, 6) is 0.763. The molecule has 2 aromatic heterocycles. The number of aromatic nitrogens is 3. The predicted molar refractivity (Wildman–Crippen MR) is 138 cm³/mol. The molecule has 3 rings (SSSR count). The van der Waals surface area contributed by atoms with Gasteiger partial charge in [-0.3, -0.25) is 19.4 Å². The number of aryl methyl sites for hydroxylation is 2. The van der Waals surface area contributed by atoms with Crippen LogP contribution in [-0.4, -0.2) is 27.8 Å². The van der Waals surface area contributed by atoms with Crippen molar-refractivity contribution in [2.75, 3.05) is 12.0 Å². The molecule has 0 bridgehead atoms. The average molecular weight is 465 g/mol. The van der Waals surface area contributed by atoms with Crippen molar-refractivity contribution >= 4 is 34.3 Å². The summed E-state index contributed by atoms with van der Waals surface area (Å²) in [5, 5.41) is 8.19. The summed E-state index contributed by atoms with van der Waals surface area (Å²) in [6, 6.07) is 4.00. The van der Waals surface area contributed by atoms with E-state index < -0.39 is 0 Å². The highest BCUT2D eigenvalue weighted by Crippen LogP contribution is 2.41. The quantitative estimate of drug-likeness (QED) is 0.376. The molecule has 0 saturated carbocycles. The molecule has 3 aromatic rings. The fourth-order valence-electron chi connectivity index (χ4n) is 3.68. The van der Waals surface area contributed by atoms with Crippen LogP contribution in [0.2, 0.25) is 0 Å². The zero-order valence-corrected chi connectivity index (χ0v) is 21.3. The molecule has 0 N–H and O–H groups in total. The number of anilines is 1. The molecule has 0 aliphatic rings. The summed E-state index contributed by atoms with van der Waals surface area (Å²) in [5.41, 5.74) is 5.59. The lowest BCUT2D eigenvalue weighted by Crippen LogP contribution is -2.30. The Morgan fingerprint density at radius 3 is 2.58 bits per heavy atom. The molecular weight excluding hydrogens is 432 g/mol. The molecule has 7 heteroatoms. The molecule has 6 nitrogen and oxygen atoms in total. The van der Waals surface area contributed by atoms with Gasteiger partial charge in [0.2, 0.25) is 5.91 Å². The van der Waals surface area contributed by atoms with E-state index in [9.17, 15) is 4.79 Å². The van der Waals surface area contributed by atoms with Crippen LogP contribution >= 0.6 is 11.8 Å². The van der Waals surface area contributed by atoms with Crippen LogP contribution in [0, 0.1) is 6.92 Å². The van der Waals surface area contributed by atoms with Gasteiger partial charge in [0.15, 0.2) is 0 Å². The van der Waals surface area contributed by atoms with E-state index in [0.29, 0.717) is 6.42 Å². The second-order valence-corrected chi connectivity index (χ2v) is 8.77. The predicted octanol–water partition coefficient (Wildman–Crippen LogP) is 6.60. The first-order valence-corrected chi connectivity index (χ1v) is 12.0. The van der Waals surface area contributed by atoms with E-state index in [2.05, 4.69) is 30.0 Å². The number of carbonyl (C=O) groups excluding carboxylic acids is 1. The number of carbonyl (C=O) groups is 1. The summed E-state index contributed by atoms with van der Waals surface area (Å²) in [6.07, 6.45) is 8.84. The molecule has 2 heterocycles. The number of fused-ring (bicyclic) bond motifs is 1. The van der Waals surface area contributed by atoms with E-state index >= 15 is 0 Å². The van der Waals surface area contributed by atoms with Crippen LogP contribution in [-0.2, 0) is 11.8 Å². The average Bonchev–Trinajstić information content (AvgIpc) is 3.26. The summed E-state index contributed by atoms with van der Waals surface area (Å²) < 4.78 is 7.46. The normalized spacial score (nSPS) is 12.3. The van der Waals surface area contributed by atoms with Gasteiger partial charge in [-0.1, -0.05) is 31.7 Å². The Morgan fingerprint density at radius 2 is 2.00 bits per heavy atom. The van der Waals surface area contributed by atoms with Gasteiger partial charge in [0.25, 0.3) is 0 Å². The monoisotopic (exact) mass is 464 g/mol. The minimum Gasteiger partial charge on any atom is -0.496 e. The number of hydrogen-bond donors (Lipinski definition) is 0. The Labute approximate surface area is 200 Å². The zero-order valence-electron chi connectivity index (χ0n) is 20.5. The van der Waals surface area contributed by atoms with Crippen molar-refractivity contribution in [3.63, 3.8) is 0 Å². The maximum atomic E-state index is 13.4. The first kappa shape index (κ1) is 24.6. The Morgan fingerprint density at radius 1 is 1.24 bits per heavy atom. The molecule has 0 unspecified atom stereocenters. The van der Waals surface area contributed by atoms with Gasteiger partial charge in [-0.25, -0.2) is 0 Å². The van der Waals surface area contributed by atoms with Gasteiger partial charge in [0.05, 0.1) is 29.5 Å². The third-order valence-electron chi connectivity index (χ3n) is 5.55. The molecule has 0 aliphatic heterocycles. The Kier molecular flexibility index (Phi) is 7.97. The van der Waals surface area contributed by atoms with Crippen molar-refractivity contribution in [3.8, 4) is 16.9 Å². The number of hydrogen-bond acceptors (Lipinski definition) is 5. The highest BCUT2D eigenvalue weighted by molar-refractivity contribution is 8.06. The molecule has 1 aromatic carbocycles. The smallest absolute Gasteiger partial charge is 0.231 e. The fraction of sp³-hybridized carbons (Fsp3) is 0.346. The first-order valence-electron chi connectivity index (χ1n) is 11.1. The van der Waals surface area contributed by atoms with Gasteiger partial charge in [-0.2, -0.15) is 5.10 Å². The van der Waals surface area contributed by atoms with Crippen molar-refractivity contribution in [1.29, 1.82) is 0 Å². The molecule has 1 amide bonds. The van der Waals surface area contributed by atoms with Gasteiger partial charge >= 0.3 is 0 Å². The van der Waals surface area contributed by atoms with Gasteiger partial charge in [0, 0.05) is 48.4 Å². The van der Waals surface area contributed by atoms with Crippen molar-refractivity contribution in [2.24, 2.45) is 7.05 Å². The SMILES string of the molecule is C/C=C\S/C(=C(\C)CC)N(C(=O)CC)c1c(C)cnc2cc(OC)c(-c3cnn(C)c3)cc12. The third kappa shape index (κ3) is 4.98. The third-order valence-corrected chi connectivity index (χ3v) is 6.71. The van der Waals surface area contributed by atoms with Crippen LogP contribution in [0.3, 0.4) is 0 Å². The molecule has 33 heavy (non-hydrogen) atoms. The minimum atomic E-state index is 0.0455. The van der Waals surface area contributed by atoms with E-state index in [4.69, 9.17) is 4.74 Å². The van der Waals surface area contributed by atoms with Crippen molar-refractivity contribution in [3.05, 3.63) is 58.4 Å². The maximum Gasteiger partial charge on any atom is 0.231 e. The number of nitrogens with zero attached hydrogens (tertiary/aromatic N) is 4. The van der Waals surface area contributed by atoms with Gasteiger partial charge in [0.1, 0.15) is 5.75 Å². The zero-order chi connectivity index (χ0) is 24.1. The number of ether oxygens (including phenoxy) is 1. The molecule has 174 valence electrons. The molecular formula is C26H32N4O2S. The van der Waals surface area contributed by atoms with Crippen LogP contribution in [0.5, 0.6) is 5.75 Å². The molecule has 0 saturated heterocycles. The topological polar surface area (TPSA) is 60.3 Å². The maximum absolute atomic E-state index is 13.4. The lowest BCUT2D eigenvalue weighted by molar-refractivity contribution is -0.117. The Hall–Kier alpha value is -3.06. The lowest BCUT2D eigenvalue weighted by atomic mass is 10.0. The lowest BCUT2D eigenvalue weighted by Gasteiger charge is -2.29. The molecule has 0 radical (unpaired) electrons. The molecule has 0 atom stereocenters. The first-order chi connectivity index (χ1) is 15.9. The minimum absolute atomic E-state index is 0.0455. The summed E-state index contributed by atoms with van der Waals surface area (Å²) >= 11 is 1.58. The fourth-order valence-corrected chi connectivity index (χ4v) is 4.59. The van der Waals surface area contributed by atoms with E-state index in [1.807, 2.05) is 68.9 Å². The Balaban J connectivity index is 2.38. The number of pyridine rings is 1. The number of rotatable bonds is 8. The standard InChI is InChI=1S/C26H32N4O2S/c1-8-11-33-26(17(4)9-2)30(24(31)10-3)25-18(5)14-27-22-13-23(32-7)20(12-21(22)25)19-15-28-29(6)16-19/h8,11-16H,9-10H2,1-7H3/b11-8-,26-17+. The van der Waals surface area contributed by atoms with Gasteiger partial charge in [-0.15, -0.1) is 0 Å². The van der Waals surface area contributed by atoms with Crippen LogP contribution in [0.4, 0.5) is 5.69 Å². The van der Waals surface area contributed by atoms with E-state index in [0.717, 1.165) is 56.1 Å².